The maximum absolute atomic E-state index is 4.64. The molecule has 3 nitrogen and oxygen atoms in total. The molecule has 0 aliphatic carbocycles. The van der Waals surface area contributed by atoms with E-state index in [4.69, 9.17) is 0 Å². The van der Waals surface area contributed by atoms with Crippen molar-refractivity contribution in [2.45, 2.75) is 33.6 Å². The fourth-order valence-corrected chi connectivity index (χ4v) is 3.01. The summed E-state index contributed by atoms with van der Waals surface area (Å²) in [6, 6.07) is 12.7. The Morgan fingerprint density at radius 3 is 2.19 bits per heavy atom. The van der Waals surface area contributed by atoms with Crippen molar-refractivity contribution in [3.05, 3.63) is 72.2 Å². The minimum Gasteiger partial charge on any atom is -0.372 e. The van der Waals surface area contributed by atoms with Crippen LogP contribution in [0.5, 0.6) is 0 Å². The van der Waals surface area contributed by atoms with E-state index in [1.165, 1.54) is 28.9 Å². The lowest BCUT2D eigenvalue weighted by Crippen LogP contribution is -2.45. The van der Waals surface area contributed by atoms with Gasteiger partial charge in [0.25, 0.3) is 0 Å². The molecule has 0 unspecified atom stereocenters. The first kappa shape index (κ1) is 23.0. The van der Waals surface area contributed by atoms with Crippen LogP contribution in [0.3, 0.4) is 0 Å². The lowest BCUT2D eigenvalue weighted by molar-refractivity contribution is 0.315. The lowest BCUT2D eigenvalue weighted by atomic mass is 10.1. The van der Waals surface area contributed by atoms with E-state index in [2.05, 4.69) is 84.1 Å². The fourth-order valence-electron chi connectivity index (χ4n) is 3.01. The third-order valence-corrected chi connectivity index (χ3v) is 4.72. The number of alkyl halides is 1. The van der Waals surface area contributed by atoms with Gasteiger partial charge in [-0.05, 0) is 43.0 Å². The maximum Gasteiger partial charge on any atom is 0.0397 e. The molecule has 0 N–H and O–H groups in total. The number of rotatable bonds is 4. The van der Waals surface area contributed by atoms with Gasteiger partial charge in [0.2, 0.25) is 0 Å². The largest absolute Gasteiger partial charge is 0.372 e. The van der Waals surface area contributed by atoms with E-state index in [0.29, 0.717) is 0 Å². The summed E-state index contributed by atoms with van der Waals surface area (Å²) < 4.78 is 0. The van der Waals surface area contributed by atoms with Gasteiger partial charge < -0.3 is 9.80 Å². The van der Waals surface area contributed by atoms with Crippen molar-refractivity contribution < 1.29 is 0 Å². The average Bonchev–Trinajstić information content (AvgIpc) is 2.76. The lowest BCUT2D eigenvalue weighted by Gasteiger charge is -2.38. The zero-order valence-electron chi connectivity index (χ0n) is 17.3. The summed E-state index contributed by atoms with van der Waals surface area (Å²) in [7, 11) is 0. The van der Waals surface area contributed by atoms with Crippen LogP contribution in [0.2, 0.25) is 0 Å². The third-order valence-electron chi connectivity index (χ3n) is 4.72. The van der Waals surface area contributed by atoms with E-state index >= 15 is 0 Å². The molecule has 27 heavy (non-hydrogen) atoms. The van der Waals surface area contributed by atoms with E-state index in [1.54, 1.807) is 6.20 Å². The number of hydrogen-bond acceptors (Lipinski definition) is 3. The smallest absolute Gasteiger partial charge is 0.0397 e. The van der Waals surface area contributed by atoms with Gasteiger partial charge in [-0.15, -0.1) is 11.6 Å². The molecule has 0 saturated carbocycles. The normalized spacial score (nSPS) is 13.1. The number of benzene rings is 1. The second kappa shape index (κ2) is 13.2. The van der Waals surface area contributed by atoms with Crippen LogP contribution in [-0.2, 0) is 6.42 Å². The Kier molecular flexibility index (Phi) is 11.3. The molecule has 1 fully saturated rings. The van der Waals surface area contributed by atoms with Gasteiger partial charge in [0.05, 0.1) is 0 Å². The molecule has 3 rings (SSSR count). The number of aryl methyl sites for hydroxylation is 2. The fraction of sp³-hybridized carbons (Fsp3) is 0.435. The van der Waals surface area contributed by atoms with Crippen LogP contribution < -0.4 is 4.90 Å². The Morgan fingerprint density at radius 2 is 1.70 bits per heavy atom. The first-order valence-electron chi connectivity index (χ1n) is 9.65. The molecule has 1 aromatic heterocycles. The molecule has 0 amide bonds. The van der Waals surface area contributed by atoms with E-state index < -0.39 is 0 Å². The molecule has 0 spiro atoms. The molecule has 148 valence electrons. The summed E-state index contributed by atoms with van der Waals surface area (Å²) in [6.45, 7) is 15.0. The molecule has 0 radical (unpaired) electrons. The molecule has 1 aliphatic rings. The molecular formula is C23H34ClN3. The average molecular weight is 388 g/mol. The van der Waals surface area contributed by atoms with Gasteiger partial charge in [-0.1, -0.05) is 44.7 Å². The summed E-state index contributed by atoms with van der Waals surface area (Å²) in [5, 5.41) is 0. The van der Waals surface area contributed by atoms with Crippen molar-refractivity contribution in [1.82, 2.24) is 9.88 Å². The highest BCUT2D eigenvalue weighted by Crippen LogP contribution is 2.21. The van der Waals surface area contributed by atoms with Gasteiger partial charge in [0.1, 0.15) is 0 Å². The van der Waals surface area contributed by atoms with Crippen LogP contribution in [0.1, 0.15) is 31.4 Å². The Bertz CT molecular complexity index is 650. The Balaban J connectivity index is 0.000000305. The van der Waals surface area contributed by atoms with Crippen molar-refractivity contribution in [3.8, 4) is 0 Å². The second-order valence-corrected chi connectivity index (χ2v) is 6.40. The molecule has 1 aliphatic heterocycles. The van der Waals surface area contributed by atoms with Crippen molar-refractivity contribution in [1.29, 1.82) is 0 Å². The van der Waals surface area contributed by atoms with Crippen LogP contribution in [0.4, 0.5) is 5.69 Å². The van der Waals surface area contributed by atoms with E-state index in [9.17, 15) is 0 Å². The van der Waals surface area contributed by atoms with Crippen molar-refractivity contribution in [2.75, 3.05) is 37.5 Å². The predicted molar refractivity (Wildman–Crippen MR) is 120 cm³/mol. The molecule has 0 atom stereocenters. The highest BCUT2D eigenvalue weighted by molar-refractivity contribution is 6.15. The summed E-state index contributed by atoms with van der Waals surface area (Å²) >= 11 is 4.64. The minimum atomic E-state index is 1.06. The maximum atomic E-state index is 4.64. The number of pyridine rings is 1. The predicted octanol–water partition coefficient (Wildman–Crippen LogP) is 5.54. The SMILES string of the molecule is C=C(CC)N1CCN(c2ccccc2C)CC1.CCc1cccnc1.CCl. The monoisotopic (exact) mass is 387 g/mol. The molecule has 1 aromatic carbocycles. The van der Waals surface area contributed by atoms with Gasteiger partial charge in [0.15, 0.2) is 0 Å². The van der Waals surface area contributed by atoms with Gasteiger partial charge >= 0.3 is 0 Å². The third kappa shape index (κ3) is 7.64. The van der Waals surface area contributed by atoms with Gasteiger partial charge in [-0.2, -0.15) is 0 Å². The first-order valence-corrected chi connectivity index (χ1v) is 10.4. The number of halogens is 1. The highest BCUT2D eigenvalue weighted by Gasteiger charge is 2.18. The van der Waals surface area contributed by atoms with Crippen LogP contribution in [0.25, 0.3) is 0 Å². The van der Waals surface area contributed by atoms with E-state index in [1.807, 2.05) is 12.3 Å². The van der Waals surface area contributed by atoms with Crippen LogP contribution in [0.15, 0.2) is 61.1 Å². The van der Waals surface area contributed by atoms with Gasteiger partial charge in [0, 0.05) is 56.3 Å². The van der Waals surface area contributed by atoms with E-state index in [-0.39, 0.29) is 0 Å². The highest BCUT2D eigenvalue weighted by atomic mass is 35.5. The standard InChI is InChI=1S/C15H22N2.C7H9N.CH3Cl/c1-4-14(3)16-9-11-17(12-10-16)15-8-6-5-7-13(15)2;1-2-7-4-3-5-8-6-7;1-2/h5-8H,3-4,9-12H2,1-2H3;3-6H,2H2,1H3;1H3. The number of anilines is 1. The zero-order chi connectivity index (χ0) is 20.1. The zero-order valence-corrected chi connectivity index (χ0v) is 18.0. The summed E-state index contributed by atoms with van der Waals surface area (Å²) in [6.07, 6.45) is 7.29. The molecule has 2 aromatic rings. The molecule has 2 heterocycles. The Labute approximate surface area is 170 Å². The van der Waals surface area contributed by atoms with Crippen LogP contribution in [-0.4, -0.2) is 42.4 Å². The quantitative estimate of drug-likeness (QED) is 0.642. The Morgan fingerprint density at radius 1 is 1.04 bits per heavy atom. The van der Waals surface area contributed by atoms with Crippen molar-refractivity contribution >= 4 is 17.3 Å². The second-order valence-electron chi connectivity index (χ2n) is 6.40. The molecular weight excluding hydrogens is 354 g/mol. The van der Waals surface area contributed by atoms with Crippen LogP contribution in [0, 0.1) is 6.92 Å². The number of hydrogen-bond donors (Lipinski definition) is 0. The summed E-state index contributed by atoms with van der Waals surface area (Å²) in [5.41, 5.74) is 5.33. The summed E-state index contributed by atoms with van der Waals surface area (Å²) in [4.78, 5) is 8.85. The number of nitrogens with zero attached hydrogens (tertiary/aromatic N) is 3. The topological polar surface area (TPSA) is 19.4 Å². The van der Waals surface area contributed by atoms with E-state index in [0.717, 1.165) is 39.0 Å². The molecule has 1 saturated heterocycles. The van der Waals surface area contributed by atoms with Crippen molar-refractivity contribution in [2.24, 2.45) is 0 Å². The number of allylic oxidation sites excluding steroid dienone is 1. The number of aromatic nitrogens is 1. The summed E-state index contributed by atoms with van der Waals surface area (Å²) in [5.74, 6) is 0. The molecule has 4 heteroatoms. The Hall–Kier alpha value is -2.00. The van der Waals surface area contributed by atoms with Gasteiger partial charge in [-0.3, -0.25) is 4.98 Å². The van der Waals surface area contributed by atoms with Gasteiger partial charge in [-0.25, -0.2) is 0 Å². The van der Waals surface area contributed by atoms with Crippen LogP contribution >= 0.6 is 11.6 Å². The first-order chi connectivity index (χ1) is 13.2. The minimum absolute atomic E-state index is 1.06. The number of para-hydroxylation sites is 1. The molecule has 0 bridgehead atoms. The van der Waals surface area contributed by atoms with Crippen molar-refractivity contribution in [3.63, 3.8) is 0 Å². The number of piperazine rings is 1.